The standard InChI is InChI=1S/C11H13N3/c1-14-8-7-10(13-14)11(12)9-5-3-2-4-6-9/h2-8,11H,12H2,1H3. The second-order valence-electron chi connectivity index (χ2n) is 3.30. The van der Waals surface area contributed by atoms with Gasteiger partial charge in [-0.05, 0) is 11.6 Å². The van der Waals surface area contributed by atoms with E-state index < -0.39 is 0 Å². The van der Waals surface area contributed by atoms with Crippen molar-refractivity contribution in [1.29, 1.82) is 0 Å². The number of nitrogens with zero attached hydrogens (tertiary/aromatic N) is 2. The van der Waals surface area contributed by atoms with Gasteiger partial charge >= 0.3 is 0 Å². The van der Waals surface area contributed by atoms with Gasteiger partial charge in [0.25, 0.3) is 0 Å². The second-order valence-corrected chi connectivity index (χ2v) is 3.30. The molecule has 1 heterocycles. The zero-order valence-corrected chi connectivity index (χ0v) is 8.09. The Hall–Kier alpha value is -1.61. The Labute approximate surface area is 83.2 Å². The lowest BCUT2D eigenvalue weighted by atomic mass is 10.1. The van der Waals surface area contributed by atoms with Crippen molar-refractivity contribution < 1.29 is 0 Å². The highest BCUT2D eigenvalue weighted by atomic mass is 15.3. The highest BCUT2D eigenvalue weighted by molar-refractivity contribution is 5.26. The van der Waals surface area contributed by atoms with Gasteiger partial charge in [-0.25, -0.2) is 0 Å². The highest BCUT2D eigenvalue weighted by Crippen LogP contribution is 2.16. The minimum absolute atomic E-state index is 0.127. The number of hydrogen-bond donors (Lipinski definition) is 1. The fourth-order valence-electron chi connectivity index (χ4n) is 1.43. The topological polar surface area (TPSA) is 43.8 Å². The van der Waals surface area contributed by atoms with E-state index in [2.05, 4.69) is 5.10 Å². The largest absolute Gasteiger partial charge is 0.319 e. The third-order valence-electron chi connectivity index (χ3n) is 2.21. The van der Waals surface area contributed by atoms with Crippen molar-refractivity contribution >= 4 is 0 Å². The molecule has 1 atom stereocenters. The van der Waals surface area contributed by atoms with Crippen LogP contribution in [0.3, 0.4) is 0 Å². The van der Waals surface area contributed by atoms with E-state index in [1.165, 1.54) is 0 Å². The van der Waals surface area contributed by atoms with Crippen LogP contribution in [0.25, 0.3) is 0 Å². The van der Waals surface area contributed by atoms with Crippen LogP contribution >= 0.6 is 0 Å². The molecule has 1 aromatic heterocycles. The fourth-order valence-corrected chi connectivity index (χ4v) is 1.43. The lowest BCUT2D eigenvalue weighted by Gasteiger charge is -2.08. The molecule has 0 bridgehead atoms. The van der Waals surface area contributed by atoms with Gasteiger partial charge in [0, 0.05) is 13.2 Å². The van der Waals surface area contributed by atoms with Gasteiger partial charge in [0.2, 0.25) is 0 Å². The third kappa shape index (κ3) is 1.67. The van der Waals surface area contributed by atoms with Crippen LogP contribution in [0, 0.1) is 0 Å². The number of aryl methyl sites for hydroxylation is 1. The molecule has 3 heteroatoms. The molecule has 2 N–H and O–H groups in total. The average Bonchev–Trinajstić information content (AvgIpc) is 2.65. The number of nitrogens with two attached hydrogens (primary N) is 1. The summed E-state index contributed by atoms with van der Waals surface area (Å²) < 4.78 is 1.76. The van der Waals surface area contributed by atoms with Gasteiger partial charge in [0.05, 0.1) is 11.7 Å². The normalized spacial score (nSPS) is 12.7. The molecule has 0 aliphatic rings. The van der Waals surface area contributed by atoms with Crippen molar-refractivity contribution in [3.05, 3.63) is 53.9 Å². The minimum Gasteiger partial charge on any atom is -0.319 e. The smallest absolute Gasteiger partial charge is 0.0837 e. The van der Waals surface area contributed by atoms with E-state index in [-0.39, 0.29) is 6.04 Å². The van der Waals surface area contributed by atoms with E-state index in [9.17, 15) is 0 Å². The summed E-state index contributed by atoms with van der Waals surface area (Å²) in [4.78, 5) is 0. The SMILES string of the molecule is Cn1ccc(C(N)c2ccccc2)n1. The van der Waals surface area contributed by atoms with Gasteiger partial charge in [-0.15, -0.1) is 0 Å². The van der Waals surface area contributed by atoms with Crippen molar-refractivity contribution in [3.63, 3.8) is 0 Å². The first-order valence-corrected chi connectivity index (χ1v) is 4.57. The maximum Gasteiger partial charge on any atom is 0.0837 e. The van der Waals surface area contributed by atoms with Gasteiger partial charge in [0.1, 0.15) is 0 Å². The Morgan fingerprint density at radius 3 is 2.50 bits per heavy atom. The van der Waals surface area contributed by atoms with Crippen LogP contribution < -0.4 is 5.73 Å². The summed E-state index contributed by atoms with van der Waals surface area (Å²) in [6.45, 7) is 0. The van der Waals surface area contributed by atoms with Crippen LogP contribution in [-0.2, 0) is 7.05 Å². The van der Waals surface area contributed by atoms with E-state index >= 15 is 0 Å². The summed E-state index contributed by atoms with van der Waals surface area (Å²) >= 11 is 0. The molecule has 1 aromatic carbocycles. The van der Waals surface area contributed by atoms with Gasteiger partial charge in [-0.2, -0.15) is 5.10 Å². The Balaban J connectivity index is 2.29. The van der Waals surface area contributed by atoms with Crippen molar-refractivity contribution in [2.45, 2.75) is 6.04 Å². The molecule has 0 amide bonds. The molecule has 0 fully saturated rings. The molecule has 14 heavy (non-hydrogen) atoms. The Kier molecular flexibility index (Phi) is 2.33. The molecule has 1 unspecified atom stereocenters. The van der Waals surface area contributed by atoms with Gasteiger partial charge in [-0.3, -0.25) is 4.68 Å². The third-order valence-corrected chi connectivity index (χ3v) is 2.21. The molecular formula is C11H13N3. The second kappa shape index (κ2) is 3.64. The van der Waals surface area contributed by atoms with Gasteiger partial charge < -0.3 is 5.73 Å². The van der Waals surface area contributed by atoms with Gasteiger partial charge in [-0.1, -0.05) is 30.3 Å². The maximum absolute atomic E-state index is 6.05. The predicted molar refractivity (Wildman–Crippen MR) is 55.7 cm³/mol. The zero-order valence-electron chi connectivity index (χ0n) is 8.09. The van der Waals surface area contributed by atoms with E-state index in [0.717, 1.165) is 11.3 Å². The number of hydrogen-bond acceptors (Lipinski definition) is 2. The van der Waals surface area contributed by atoms with E-state index in [1.807, 2.05) is 49.6 Å². The first-order chi connectivity index (χ1) is 6.77. The Morgan fingerprint density at radius 2 is 1.93 bits per heavy atom. The van der Waals surface area contributed by atoms with Crippen LogP contribution in [0.2, 0.25) is 0 Å². The fraction of sp³-hybridized carbons (Fsp3) is 0.182. The van der Waals surface area contributed by atoms with Crippen molar-refractivity contribution in [2.24, 2.45) is 12.8 Å². The molecular weight excluding hydrogens is 174 g/mol. The molecule has 0 aliphatic carbocycles. The number of aromatic nitrogens is 2. The maximum atomic E-state index is 6.05. The molecule has 0 spiro atoms. The monoisotopic (exact) mass is 187 g/mol. The van der Waals surface area contributed by atoms with Crippen LogP contribution in [0.15, 0.2) is 42.6 Å². The lowest BCUT2D eigenvalue weighted by molar-refractivity contribution is 0.716. The molecule has 0 saturated heterocycles. The van der Waals surface area contributed by atoms with Crippen molar-refractivity contribution in [3.8, 4) is 0 Å². The summed E-state index contributed by atoms with van der Waals surface area (Å²) in [6, 6.07) is 11.8. The van der Waals surface area contributed by atoms with E-state index in [1.54, 1.807) is 4.68 Å². The summed E-state index contributed by atoms with van der Waals surface area (Å²) in [5, 5.41) is 4.28. The summed E-state index contributed by atoms with van der Waals surface area (Å²) in [7, 11) is 1.89. The molecule has 0 aliphatic heterocycles. The molecule has 2 aromatic rings. The average molecular weight is 187 g/mol. The highest BCUT2D eigenvalue weighted by Gasteiger charge is 2.10. The molecule has 3 nitrogen and oxygen atoms in total. The Morgan fingerprint density at radius 1 is 1.21 bits per heavy atom. The van der Waals surface area contributed by atoms with Crippen LogP contribution in [0.5, 0.6) is 0 Å². The van der Waals surface area contributed by atoms with Gasteiger partial charge in [0.15, 0.2) is 0 Å². The molecule has 0 saturated carbocycles. The molecule has 2 rings (SSSR count). The van der Waals surface area contributed by atoms with Crippen molar-refractivity contribution in [2.75, 3.05) is 0 Å². The van der Waals surface area contributed by atoms with E-state index in [4.69, 9.17) is 5.73 Å². The number of rotatable bonds is 2. The lowest BCUT2D eigenvalue weighted by Crippen LogP contribution is -2.12. The molecule has 72 valence electrons. The Bertz CT molecular complexity index is 405. The predicted octanol–water partition coefficient (Wildman–Crippen LogP) is 1.47. The number of benzene rings is 1. The van der Waals surface area contributed by atoms with Crippen molar-refractivity contribution in [1.82, 2.24) is 9.78 Å². The summed E-state index contributed by atoms with van der Waals surface area (Å²) in [5.41, 5.74) is 8.04. The first-order valence-electron chi connectivity index (χ1n) is 4.57. The minimum atomic E-state index is -0.127. The van der Waals surface area contributed by atoms with Crippen LogP contribution in [0.4, 0.5) is 0 Å². The van der Waals surface area contributed by atoms with E-state index in [0.29, 0.717) is 0 Å². The zero-order chi connectivity index (χ0) is 9.97. The summed E-state index contributed by atoms with van der Waals surface area (Å²) in [6.07, 6.45) is 1.90. The van der Waals surface area contributed by atoms with Crippen LogP contribution in [0.1, 0.15) is 17.3 Å². The van der Waals surface area contributed by atoms with Crippen LogP contribution in [-0.4, -0.2) is 9.78 Å². The summed E-state index contributed by atoms with van der Waals surface area (Å²) in [5.74, 6) is 0. The first kappa shape index (κ1) is 8.97. The quantitative estimate of drug-likeness (QED) is 0.773. The molecule has 0 radical (unpaired) electrons.